The Kier molecular flexibility index (Phi) is 6.92. The molecule has 2 amide bonds. The van der Waals surface area contributed by atoms with Crippen LogP contribution in [-0.4, -0.2) is 86.5 Å². The molecule has 0 aliphatic carbocycles. The second-order valence-electron chi connectivity index (χ2n) is 8.05. The molecule has 2 saturated heterocycles. The summed E-state index contributed by atoms with van der Waals surface area (Å²) in [7, 11) is -1.60. The molecule has 26 heavy (non-hydrogen) atoms. The minimum Gasteiger partial charge on any atom is -0.382 e. The third-order valence-electron chi connectivity index (χ3n) is 4.86. The summed E-state index contributed by atoms with van der Waals surface area (Å²) < 4.78 is 37.1. The van der Waals surface area contributed by atoms with Crippen molar-refractivity contribution in [1.82, 2.24) is 14.5 Å². The van der Waals surface area contributed by atoms with Gasteiger partial charge >= 0.3 is 6.03 Å². The first kappa shape index (κ1) is 21.4. The van der Waals surface area contributed by atoms with E-state index < -0.39 is 20.9 Å². The van der Waals surface area contributed by atoms with Gasteiger partial charge in [-0.2, -0.15) is 0 Å². The molecule has 0 bridgehead atoms. The van der Waals surface area contributed by atoms with Gasteiger partial charge in [0.05, 0.1) is 36.7 Å². The Morgan fingerprint density at radius 2 is 1.92 bits per heavy atom. The second kappa shape index (κ2) is 8.41. The van der Waals surface area contributed by atoms with E-state index in [2.05, 4.69) is 5.32 Å². The minimum absolute atomic E-state index is 0.00653. The Labute approximate surface area is 157 Å². The van der Waals surface area contributed by atoms with E-state index in [4.69, 9.17) is 9.47 Å². The van der Waals surface area contributed by atoms with Gasteiger partial charge in [-0.3, -0.25) is 0 Å². The number of sulfonamides is 1. The number of carbonyl (C=O) groups excluding carboxylic acids is 1. The number of hydrogen-bond donors (Lipinski definition) is 1. The number of rotatable bonds is 5. The van der Waals surface area contributed by atoms with E-state index in [0.29, 0.717) is 45.6 Å². The van der Waals surface area contributed by atoms with Gasteiger partial charge in [0.25, 0.3) is 0 Å². The summed E-state index contributed by atoms with van der Waals surface area (Å²) in [5.41, 5.74) is -0.423. The lowest BCUT2D eigenvalue weighted by Gasteiger charge is -2.43. The number of nitrogens with one attached hydrogen (secondary N) is 1. The highest BCUT2D eigenvalue weighted by molar-refractivity contribution is 7.89. The van der Waals surface area contributed by atoms with Crippen LogP contribution in [0.3, 0.4) is 0 Å². The maximum atomic E-state index is 12.7. The fourth-order valence-corrected chi connectivity index (χ4v) is 4.86. The van der Waals surface area contributed by atoms with Crippen molar-refractivity contribution in [1.29, 1.82) is 0 Å². The molecule has 0 radical (unpaired) electrons. The highest BCUT2D eigenvalue weighted by atomic mass is 32.2. The molecule has 1 atom stereocenters. The predicted molar refractivity (Wildman–Crippen MR) is 99.6 cm³/mol. The number of ether oxygens (including phenoxy) is 2. The third-order valence-corrected chi connectivity index (χ3v) is 7.13. The summed E-state index contributed by atoms with van der Waals surface area (Å²) >= 11 is 0. The SMILES string of the molecule is COCC1CN(C(=O)NC2CCN(S(=O)(=O)C(C)C)CC2)CC(C)(C)O1. The maximum absolute atomic E-state index is 12.7. The van der Waals surface area contributed by atoms with Gasteiger partial charge < -0.3 is 19.7 Å². The summed E-state index contributed by atoms with van der Waals surface area (Å²) in [5.74, 6) is 0. The van der Waals surface area contributed by atoms with E-state index in [-0.39, 0.29) is 18.2 Å². The van der Waals surface area contributed by atoms with E-state index in [9.17, 15) is 13.2 Å². The Bertz CT molecular complexity index is 585. The van der Waals surface area contributed by atoms with E-state index in [0.717, 1.165) is 0 Å². The summed E-state index contributed by atoms with van der Waals surface area (Å²) in [6.07, 6.45) is 1.12. The van der Waals surface area contributed by atoms with Gasteiger partial charge in [-0.05, 0) is 40.5 Å². The third kappa shape index (κ3) is 5.31. The molecule has 0 aromatic rings. The van der Waals surface area contributed by atoms with Crippen LogP contribution in [0.1, 0.15) is 40.5 Å². The second-order valence-corrected chi connectivity index (χ2v) is 10.5. The average molecular weight is 392 g/mol. The molecule has 0 spiro atoms. The number of nitrogens with zero attached hydrogens (tertiary/aromatic N) is 2. The molecule has 1 unspecified atom stereocenters. The van der Waals surface area contributed by atoms with Gasteiger partial charge in [0, 0.05) is 26.2 Å². The van der Waals surface area contributed by atoms with Gasteiger partial charge in [-0.1, -0.05) is 0 Å². The number of amides is 2. The molecule has 2 rings (SSSR count). The summed E-state index contributed by atoms with van der Waals surface area (Å²) in [6.45, 7) is 9.66. The molecule has 1 N–H and O–H groups in total. The van der Waals surface area contributed by atoms with Crippen LogP contribution in [-0.2, 0) is 19.5 Å². The lowest BCUT2D eigenvalue weighted by atomic mass is 10.0. The number of methoxy groups -OCH3 is 1. The highest BCUT2D eigenvalue weighted by Crippen LogP contribution is 2.22. The van der Waals surface area contributed by atoms with E-state index in [1.54, 1.807) is 25.9 Å². The van der Waals surface area contributed by atoms with Crippen LogP contribution >= 0.6 is 0 Å². The zero-order valence-electron chi connectivity index (χ0n) is 16.5. The summed E-state index contributed by atoms with van der Waals surface area (Å²) in [5, 5.41) is 2.64. The maximum Gasteiger partial charge on any atom is 0.317 e. The highest BCUT2D eigenvalue weighted by Gasteiger charge is 2.37. The van der Waals surface area contributed by atoms with Crippen LogP contribution in [0.2, 0.25) is 0 Å². The van der Waals surface area contributed by atoms with Crippen molar-refractivity contribution in [2.24, 2.45) is 0 Å². The van der Waals surface area contributed by atoms with E-state index in [1.165, 1.54) is 4.31 Å². The molecule has 2 aliphatic rings. The number of piperidine rings is 1. The van der Waals surface area contributed by atoms with Gasteiger partial charge in [-0.25, -0.2) is 17.5 Å². The normalized spacial score (nSPS) is 25.5. The Balaban J connectivity index is 1.88. The zero-order valence-corrected chi connectivity index (χ0v) is 17.3. The minimum atomic E-state index is -3.22. The van der Waals surface area contributed by atoms with Crippen LogP contribution in [0.5, 0.6) is 0 Å². The topological polar surface area (TPSA) is 88.2 Å². The fraction of sp³-hybridized carbons (Fsp3) is 0.941. The summed E-state index contributed by atoms with van der Waals surface area (Å²) in [4.78, 5) is 14.4. The standard InChI is InChI=1S/C17H33N3O5S/c1-13(2)26(22,23)20-8-6-14(7-9-20)18-16(21)19-10-15(11-24-5)25-17(3,4)12-19/h13-15H,6-12H2,1-5H3,(H,18,21). The fourth-order valence-electron chi connectivity index (χ4n) is 3.54. The number of hydrogen-bond acceptors (Lipinski definition) is 5. The predicted octanol–water partition coefficient (Wildman–Crippen LogP) is 1.02. The zero-order chi connectivity index (χ0) is 19.5. The molecular formula is C17H33N3O5S. The van der Waals surface area contributed by atoms with Crippen LogP contribution < -0.4 is 5.32 Å². The van der Waals surface area contributed by atoms with Gasteiger partial charge in [0.1, 0.15) is 0 Å². The Morgan fingerprint density at radius 1 is 1.31 bits per heavy atom. The monoisotopic (exact) mass is 391 g/mol. The first-order chi connectivity index (χ1) is 12.0. The van der Waals surface area contributed by atoms with Crippen molar-refractivity contribution in [3.63, 3.8) is 0 Å². The van der Waals surface area contributed by atoms with Crippen molar-refractivity contribution in [3.8, 4) is 0 Å². The van der Waals surface area contributed by atoms with Crippen LogP contribution in [0.4, 0.5) is 4.79 Å². The van der Waals surface area contributed by atoms with Crippen molar-refractivity contribution in [2.45, 2.75) is 63.5 Å². The van der Waals surface area contributed by atoms with Crippen molar-refractivity contribution in [3.05, 3.63) is 0 Å². The lowest BCUT2D eigenvalue weighted by Crippen LogP contribution is -2.59. The largest absolute Gasteiger partial charge is 0.382 e. The molecule has 152 valence electrons. The molecule has 0 aromatic carbocycles. The molecule has 0 saturated carbocycles. The lowest BCUT2D eigenvalue weighted by molar-refractivity contribution is -0.142. The van der Waals surface area contributed by atoms with Crippen LogP contribution in [0, 0.1) is 0 Å². The van der Waals surface area contributed by atoms with E-state index >= 15 is 0 Å². The van der Waals surface area contributed by atoms with Crippen molar-refractivity contribution < 1.29 is 22.7 Å². The Morgan fingerprint density at radius 3 is 2.46 bits per heavy atom. The van der Waals surface area contributed by atoms with Crippen LogP contribution in [0.25, 0.3) is 0 Å². The molecule has 8 nitrogen and oxygen atoms in total. The molecule has 2 fully saturated rings. The van der Waals surface area contributed by atoms with Gasteiger partial charge in [0.2, 0.25) is 10.0 Å². The summed E-state index contributed by atoms with van der Waals surface area (Å²) in [6, 6.07) is -0.124. The van der Waals surface area contributed by atoms with Gasteiger partial charge in [-0.15, -0.1) is 0 Å². The molecular weight excluding hydrogens is 358 g/mol. The molecule has 2 aliphatic heterocycles. The van der Waals surface area contributed by atoms with Crippen molar-refractivity contribution >= 4 is 16.1 Å². The Hall–Kier alpha value is -0.900. The number of urea groups is 1. The number of carbonyl (C=O) groups is 1. The molecule has 2 heterocycles. The average Bonchev–Trinajstić information content (AvgIpc) is 2.54. The van der Waals surface area contributed by atoms with E-state index in [1.807, 2.05) is 13.8 Å². The van der Waals surface area contributed by atoms with Crippen LogP contribution in [0.15, 0.2) is 0 Å². The first-order valence-corrected chi connectivity index (χ1v) is 10.8. The van der Waals surface area contributed by atoms with Crippen molar-refractivity contribution in [2.75, 3.05) is 39.9 Å². The quantitative estimate of drug-likeness (QED) is 0.756. The van der Waals surface area contributed by atoms with Gasteiger partial charge in [0.15, 0.2) is 0 Å². The number of morpholine rings is 1. The molecule has 9 heteroatoms. The smallest absolute Gasteiger partial charge is 0.317 e. The molecule has 0 aromatic heterocycles. The first-order valence-electron chi connectivity index (χ1n) is 9.26.